The zero-order chi connectivity index (χ0) is 43.4. The summed E-state index contributed by atoms with van der Waals surface area (Å²) in [6, 6.07) is 3.21. The number of nitrogens with zero attached hydrogens (tertiary/aromatic N) is 1. The molecule has 0 spiro atoms. The highest BCUT2D eigenvalue weighted by atomic mass is 16.7. The van der Waals surface area contributed by atoms with Crippen molar-refractivity contribution < 1.29 is 53.7 Å². The van der Waals surface area contributed by atoms with E-state index in [1.54, 1.807) is 58.1 Å². The molecule has 14 nitrogen and oxygen atoms in total. The monoisotopic (exact) mass is 814 g/mol. The van der Waals surface area contributed by atoms with Crippen molar-refractivity contribution >= 4 is 39.2 Å². The molecule has 316 valence electrons. The van der Waals surface area contributed by atoms with Gasteiger partial charge in [0, 0.05) is 54.2 Å². The molecule has 1 amide bonds. The van der Waals surface area contributed by atoms with Gasteiger partial charge >= 0.3 is 0 Å². The summed E-state index contributed by atoms with van der Waals surface area (Å²) in [5.74, 6) is -6.73. The third-order valence-electron chi connectivity index (χ3n) is 12.1. The van der Waals surface area contributed by atoms with Crippen LogP contribution in [0, 0.1) is 30.6 Å². The summed E-state index contributed by atoms with van der Waals surface area (Å²) in [6.45, 7) is 15.0. The number of allylic oxidation sites excluding steroid dienone is 2. The maximum atomic E-state index is 14.6. The fourth-order valence-electron chi connectivity index (χ4n) is 8.02. The molecule has 4 bridgehead atoms. The number of ketones is 1. The van der Waals surface area contributed by atoms with E-state index in [2.05, 4.69) is 5.32 Å². The normalized spacial score (nSPS) is 30.7. The van der Waals surface area contributed by atoms with Gasteiger partial charge in [0.2, 0.25) is 11.2 Å². The first-order valence-electron chi connectivity index (χ1n) is 19.8. The number of hydrogen-bond acceptors (Lipinski definition) is 13. The van der Waals surface area contributed by atoms with Gasteiger partial charge in [0.25, 0.3) is 11.7 Å². The van der Waals surface area contributed by atoms with Gasteiger partial charge in [-0.3, -0.25) is 14.4 Å². The summed E-state index contributed by atoms with van der Waals surface area (Å²) in [4.78, 5) is 47.7. The number of amides is 1. The van der Waals surface area contributed by atoms with E-state index < -0.39 is 76.7 Å². The number of carbonyl (C=O) groups is 2. The Bertz CT molecular complexity index is 2430. The van der Waals surface area contributed by atoms with Gasteiger partial charge in [-0.2, -0.15) is 0 Å². The van der Waals surface area contributed by atoms with E-state index in [1.807, 2.05) is 13.8 Å². The van der Waals surface area contributed by atoms with Crippen molar-refractivity contribution in [2.75, 3.05) is 19.0 Å². The van der Waals surface area contributed by atoms with Gasteiger partial charge in [-0.1, -0.05) is 71.9 Å². The topological polar surface area (TPSA) is 218 Å². The minimum atomic E-state index is -1.95. The number of aliphatic hydroxyl groups excluding tert-OH is 3. The van der Waals surface area contributed by atoms with Gasteiger partial charge in [0.1, 0.15) is 34.1 Å². The second-order valence-corrected chi connectivity index (χ2v) is 16.5. The van der Waals surface area contributed by atoms with E-state index in [-0.39, 0.29) is 79.7 Å². The first-order chi connectivity index (χ1) is 27.7. The minimum Gasteiger partial charge on any atom is -0.507 e. The van der Waals surface area contributed by atoms with Crippen LogP contribution in [0.25, 0.3) is 33.3 Å². The number of aliphatic hydroxyl groups is 3. The summed E-state index contributed by atoms with van der Waals surface area (Å²) in [6.07, 6.45) is 4.20. The number of aromatic hydroxyl groups is 2. The maximum Gasteiger partial charge on any atom is 0.272 e. The average Bonchev–Trinajstić information content (AvgIpc) is 3.47. The minimum absolute atomic E-state index is 0.00760. The lowest BCUT2D eigenvalue weighted by Crippen LogP contribution is -2.44. The zero-order valence-electron chi connectivity index (χ0n) is 35.0. The summed E-state index contributed by atoms with van der Waals surface area (Å²) in [7, 11) is 1.48. The van der Waals surface area contributed by atoms with E-state index in [4.69, 9.17) is 23.6 Å². The van der Waals surface area contributed by atoms with E-state index in [0.717, 1.165) is 0 Å². The molecule has 0 fully saturated rings. The largest absolute Gasteiger partial charge is 0.507 e. The van der Waals surface area contributed by atoms with Gasteiger partial charge in [-0.05, 0) is 37.5 Å². The molecule has 1 aliphatic carbocycles. The number of methoxy groups -OCH3 is 1. The Kier molecular flexibility index (Phi) is 12.2. The molecule has 3 aliphatic heterocycles. The Morgan fingerprint density at radius 3 is 2.25 bits per heavy atom. The Labute approximate surface area is 342 Å². The molecule has 2 aromatic carbocycles. The first kappa shape index (κ1) is 43.5. The van der Waals surface area contributed by atoms with Crippen LogP contribution in [-0.4, -0.2) is 86.1 Å². The average molecular weight is 815 g/mol. The summed E-state index contributed by atoms with van der Waals surface area (Å²) in [5.41, 5.74) is -0.419. The number of carbonyl (C=O) groups excluding carboxylic acids is 2. The number of hydrogen-bond donors (Lipinski definition) is 6. The van der Waals surface area contributed by atoms with Crippen LogP contribution in [0.4, 0.5) is 5.69 Å². The number of ether oxygens (including phenoxy) is 3. The Morgan fingerprint density at radius 2 is 1.59 bits per heavy atom. The smallest absolute Gasteiger partial charge is 0.272 e. The quantitative estimate of drug-likeness (QED) is 0.0750. The van der Waals surface area contributed by atoms with Crippen LogP contribution >= 0.6 is 0 Å². The predicted molar refractivity (Wildman–Crippen MR) is 222 cm³/mol. The lowest BCUT2D eigenvalue weighted by atomic mass is 9.78. The zero-order valence-corrected chi connectivity index (χ0v) is 35.0. The summed E-state index contributed by atoms with van der Waals surface area (Å²) >= 11 is 0. The standard InChI is InChI=1S/C45H54N2O12/c1-19(2)26-17-27(48)33-29(18-26)58-42-34(46-33)30-31-39(52)25(8)41-32(30)43(54)45(9,59-41)57-16-12-15-28(56-10)22(5)37(50)24(7)38(51)23(6)36(49)20(3)13-11-14-21(4)44(55)47-35(42)40(31)53/h11-15,17-20,22-24,28,36-38,48-52H,16H2,1-10H3,(H,47,55)/b13-11+,15-12+,21-14-/t20-,22+,23+,24-,28-,36-,37+,38+,45-/m0/s1. The second kappa shape index (κ2) is 16.5. The number of anilines is 1. The number of benzene rings is 3. The van der Waals surface area contributed by atoms with Crippen molar-refractivity contribution in [3.63, 3.8) is 0 Å². The Hall–Kier alpha value is -5.12. The number of aromatic nitrogens is 1. The van der Waals surface area contributed by atoms with Crippen molar-refractivity contribution in [3.8, 4) is 28.7 Å². The molecule has 9 atom stereocenters. The van der Waals surface area contributed by atoms with Crippen LogP contribution in [0.2, 0.25) is 0 Å². The van der Waals surface area contributed by atoms with Gasteiger partial charge in [0.05, 0.1) is 42.0 Å². The second-order valence-electron chi connectivity index (χ2n) is 16.5. The van der Waals surface area contributed by atoms with E-state index >= 15 is 0 Å². The number of phenolic OH excluding ortho intramolecular Hbond substituents is 2. The molecule has 6 N–H and O–H groups in total. The van der Waals surface area contributed by atoms with Gasteiger partial charge < -0.3 is 49.5 Å². The van der Waals surface area contributed by atoms with Crippen LogP contribution in [-0.2, 0) is 14.3 Å². The van der Waals surface area contributed by atoms with Crippen molar-refractivity contribution in [2.24, 2.45) is 23.7 Å². The Balaban J connectivity index is 1.58. The molecule has 0 radical (unpaired) electrons. The highest BCUT2D eigenvalue weighted by molar-refractivity contribution is 6.22. The fourth-order valence-corrected chi connectivity index (χ4v) is 8.02. The van der Waals surface area contributed by atoms with Crippen molar-refractivity contribution in [3.05, 3.63) is 75.0 Å². The van der Waals surface area contributed by atoms with Crippen molar-refractivity contribution in [1.82, 2.24) is 4.98 Å². The third-order valence-corrected chi connectivity index (χ3v) is 12.1. The van der Waals surface area contributed by atoms with Gasteiger partial charge in [-0.15, -0.1) is 0 Å². The highest BCUT2D eigenvalue weighted by Crippen LogP contribution is 2.51. The van der Waals surface area contributed by atoms with E-state index in [0.29, 0.717) is 5.56 Å². The van der Waals surface area contributed by atoms with Gasteiger partial charge in [-0.25, -0.2) is 4.98 Å². The third kappa shape index (κ3) is 7.64. The van der Waals surface area contributed by atoms with Crippen LogP contribution < -0.4 is 15.5 Å². The number of phenols is 2. The lowest BCUT2D eigenvalue weighted by molar-refractivity contribution is -0.118. The molecule has 0 unspecified atom stereocenters. The highest BCUT2D eigenvalue weighted by Gasteiger charge is 2.49. The SMILES string of the molecule is CO[C@H]1/C=C/CO[C@@]2(C)Oc3c(C)c(O)c4c(=O)c(c5oc6cc(C(C)C)cc(O)c6nc-5c4c3C2=O)NC(=O)/C(C)=C\C=C\[C@H](C)[C@H](O)[C@@H](C)[C@@H](O)[C@@H](C)[C@H](O)[C@@H]1C. The van der Waals surface area contributed by atoms with Crippen LogP contribution in [0.5, 0.6) is 17.2 Å². The molecule has 6 rings (SSSR count). The van der Waals surface area contributed by atoms with Crippen molar-refractivity contribution in [2.45, 2.75) is 98.4 Å². The van der Waals surface area contributed by atoms with Gasteiger partial charge in [0.15, 0.2) is 11.3 Å². The predicted octanol–water partition coefficient (Wildman–Crippen LogP) is 6.25. The number of fused-ring (bicyclic) bond motifs is 2. The van der Waals surface area contributed by atoms with Crippen LogP contribution in [0.15, 0.2) is 57.3 Å². The molecule has 14 heteroatoms. The molecule has 0 saturated carbocycles. The lowest BCUT2D eigenvalue weighted by Gasteiger charge is -2.36. The van der Waals surface area contributed by atoms with Crippen LogP contribution in [0.3, 0.4) is 0 Å². The first-order valence-corrected chi connectivity index (χ1v) is 19.8. The van der Waals surface area contributed by atoms with E-state index in [1.165, 1.54) is 40.0 Å². The van der Waals surface area contributed by atoms with E-state index in [9.17, 15) is 39.9 Å². The maximum absolute atomic E-state index is 14.6. The molecule has 3 heterocycles. The summed E-state index contributed by atoms with van der Waals surface area (Å²) in [5, 5.41) is 58.9. The number of rotatable bonds is 2. The van der Waals surface area contributed by atoms with Crippen LogP contribution in [0.1, 0.15) is 82.8 Å². The molecule has 4 aliphatic rings. The van der Waals surface area contributed by atoms with Crippen molar-refractivity contribution in [1.29, 1.82) is 0 Å². The molecule has 0 aromatic heterocycles. The number of nitrogens with one attached hydrogen (secondary N) is 1. The molecule has 2 aromatic rings. The fraction of sp³-hybridized carbons (Fsp3) is 0.467. The number of Topliss-reactive ketones (excluding diaryl/α,β-unsaturated/α-hetero) is 1. The summed E-state index contributed by atoms with van der Waals surface area (Å²) < 4.78 is 24.3. The Morgan fingerprint density at radius 1 is 0.932 bits per heavy atom. The molecular formula is C45H54N2O12. The molecular weight excluding hydrogens is 760 g/mol. The molecule has 0 saturated heterocycles. The molecule has 59 heavy (non-hydrogen) atoms.